The van der Waals surface area contributed by atoms with Crippen molar-refractivity contribution < 1.29 is 0 Å². The van der Waals surface area contributed by atoms with E-state index in [2.05, 4.69) is 159 Å². The van der Waals surface area contributed by atoms with Crippen LogP contribution in [0.3, 0.4) is 0 Å². The van der Waals surface area contributed by atoms with Crippen LogP contribution in [0.25, 0.3) is 77.7 Å². The fourth-order valence-electron chi connectivity index (χ4n) is 7.51. The highest BCUT2D eigenvalue weighted by Crippen LogP contribution is 2.54. The van der Waals surface area contributed by atoms with Crippen LogP contribution in [-0.4, -0.2) is 9.97 Å². The van der Waals surface area contributed by atoms with Gasteiger partial charge in [0.25, 0.3) is 0 Å². The topological polar surface area (TPSA) is 25.8 Å². The number of rotatable bonds is 4. The van der Waals surface area contributed by atoms with E-state index in [9.17, 15) is 0 Å². The molecule has 2 heteroatoms. The molecule has 0 atom stereocenters. The summed E-state index contributed by atoms with van der Waals surface area (Å²) < 4.78 is 0. The first-order valence-electron chi connectivity index (χ1n) is 16.3. The fraction of sp³-hybridized carbons (Fsp3) is 0.0667. The lowest BCUT2D eigenvalue weighted by molar-refractivity contribution is 0.661. The molecule has 0 aliphatic heterocycles. The second-order valence-corrected chi connectivity index (χ2v) is 13.0. The van der Waals surface area contributed by atoms with Crippen molar-refractivity contribution in [1.82, 2.24) is 9.97 Å². The Morgan fingerprint density at radius 2 is 0.957 bits per heavy atom. The Morgan fingerprint density at radius 3 is 1.62 bits per heavy atom. The summed E-state index contributed by atoms with van der Waals surface area (Å²) in [6.45, 7) is 4.72. The zero-order chi connectivity index (χ0) is 31.5. The van der Waals surface area contributed by atoms with Crippen LogP contribution < -0.4 is 0 Å². The molecule has 0 saturated heterocycles. The van der Waals surface area contributed by atoms with Gasteiger partial charge in [0.2, 0.25) is 0 Å². The van der Waals surface area contributed by atoms with Crippen molar-refractivity contribution in [2.75, 3.05) is 0 Å². The Hall–Kier alpha value is -5.86. The highest BCUT2D eigenvalue weighted by molar-refractivity contribution is 6.08. The Kier molecular flexibility index (Phi) is 6.20. The molecule has 0 fully saturated rings. The second kappa shape index (κ2) is 10.6. The third-order valence-electron chi connectivity index (χ3n) is 9.89. The largest absolute Gasteiger partial charge is 0.228 e. The minimum atomic E-state index is -0.0972. The van der Waals surface area contributed by atoms with E-state index in [1.54, 1.807) is 0 Å². The summed E-state index contributed by atoms with van der Waals surface area (Å²) in [5.74, 6) is 0.726. The monoisotopic (exact) mass is 600 g/mol. The first-order chi connectivity index (χ1) is 23.1. The van der Waals surface area contributed by atoms with Crippen molar-refractivity contribution in [3.63, 3.8) is 0 Å². The van der Waals surface area contributed by atoms with Crippen LogP contribution in [0, 0.1) is 0 Å². The van der Waals surface area contributed by atoms with Gasteiger partial charge in [-0.1, -0.05) is 147 Å². The summed E-state index contributed by atoms with van der Waals surface area (Å²) in [5.41, 5.74) is 12.8. The maximum Gasteiger partial charge on any atom is 0.161 e. The van der Waals surface area contributed by atoms with Gasteiger partial charge in [-0.15, -0.1) is 0 Å². The van der Waals surface area contributed by atoms with Crippen molar-refractivity contribution in [2.45, 2.75) is 19.3 Å². The van der Waals surface area contributed by atoms with Crippen LogP contribution in [0.2, 0.25) is 0 Å². The highest BCUT2D eigenvalue weighted by Gasteiger charge is 2.37. The normalized spacial score (nSPS) is 13.1. The van der Waals surface area contributed by atoms with E-state index < -0.39 is 0 Å². The third-order valence-corrected chi connectivity index (χ3v) is 9.89. The van der Waals surface area contributed by atoms with E-state index >= 15 is 0 Å². The highest BCUT2D eigenvalue weighted by atomic mass is 14.9. The van der Waals surface area contributed by atoms with E-state index in [1.165, 1.54) is 49.5 Å². The first kappa shape index (κ1) is 27.5. The summed E-state index contributed by atoms with van der Waals surface area (Å²) in [6.07, 6.45) is 0. The molecule has 8 aromatic rings. The molecule has 1 aliphatic rings. The molecule has 0 saturated carbocycles. The van der Waals surface area contributed by atoms with Crippen LogP contribution in [-0.2, 0) is 5.41 Å². The van der Waals surface area contributed by atoms with E-state index in [1.807, 2.05) is 12.1 Å². The Bertz CT molecular complexity index is 2420. The molecule has 0 N–H and O–H groups in total. The predicted molar refractivity (Wildman–Crippen MR) is 196 cm³/mol. The average Bonchev–Trinajstić information content (AvgIpc) is 3.36. The molecule has 1 heterocycles. The molecule has 222 valence electrons. The Morgan fingerprint density at radius 1 is 0.404 bits per heavy atom. The summed E-state index contributed by atoms with van der Waals surface area (Å²) >= 11 is 0. The quantitative estimate of drug-likeness (QED) is 0.201. The second-order valence-electron chi connectivity index (χ2n) is 13.0. The molecule has 0 unspecified atom stereocenters. The Balaban J connectivity index is 1.27. The van der Waals surface area contributed by atoms with Gasteiger partial charge in [-0.2, -0.15) is 0 Å². The molecule has 1 aromatic heterocycles. The number of fused-ring (bicyclic) bond motifs is 5. The van der Waals surface area contributed by atoms with Crippen molar-refractivity contribution in [3.05, 3.63) is 169 Å². The van der Waals surface area contributed by atoms with Crippen LogP contribution >= 0.6 is 0 Å². The van der Waals surface area contributed by atoms with Gasteiger partial charge < -0.3 is 0 Å². The zero-order valence-electron chi connectivity index (χ0n) is 26.4. The molecule has 47 heavy (non-hydrogen) atoms. The maximum absolute atomic E-state index is 5.18. The number of nitrogens with zero attached hydrogens (tertiary/aromatic N) is 2. The molecule has 0 amide bonds. The van der Waals surface area contributed by atoms with Gasteiger partial charge in [0.05, 0.1) is 11.4 Å². The fourth-order valence-corrected chi connectivity index (χ4v) is 7.51. The molecule has 2 nitrogen and oxygen atoms in total. The van der Waals surface area contributed by atoms with Crippen molar-refractivity contribution in [1.29, 1.82) is 0 Å². The minimum Gasteiger partial charge on any atom is -0.228 e. The van der Waals surface area contributed by atoms with Gasteiger partial charge in [-0.05, 0) is 79.2 Å². The predicted octanol–water partition coefficient (Wildman–Crippen LogP) is 11.8. The molecular formula is C45H32N2. The maximum atomic E-state index is 5.18. The van der Waals surface area contributed by atoms with Gasteiger partial charge in [-0.3, -0.25) is 0 Å². The van der Waals surface area contributed by atoms with Crippen LogP contribution in [0.5, 0.6) is 0 Å². The Labute approximate surface area is 275 Å². The lowest BCUT2D eigenvalue weighted by Gasteiger charge is -2.22. The van der Waals surface area contributed by atoms with Crippen molar-refractivity contribution in [3.8, 4) is 56.2 Å². The van der Waals surface area contributed by atoms with Gasteiger partial charge in [-0.25, -0.2) is 9.97 Å². The molecule has 0 radical (unpaired) electrons. The summed E-state index contributed by atoms with van der Waals surface area (Å²) in [4.78, 5) is 10.4. The number of benzene rings is 7. The molecule has 7 aromatic carbocycles. The summed E-state index contributed by atoms with van der Waals surface area (Å²) in [7, 11) is 0. The van der Waals surface area contributed by atoms with Gasteiger partial charge >= 0.3 is 0 Å². The SMILES string of the molecule is CC1(C)c2cc3ccccc3cc2-c2c(-c3ccc(-c4nc(-c5ccccc5)cc(-c5ccccc5)n4)c4ccccc34)cccc21. The average molecular weight is 601 g/mol. The number of aromatic nitrogens is 2. The molecular weight excluding hydrogens is 569 g/mol. The van der Waals surface area contributed by atoms with Crippen LogP contribution in [0.15, 0.2) is 158 Å². The number of hydrogen-bond acceptors (Lipinski definition) is 2. The van der Waals surface area contributed by atoms with Crippen LogP contribution in [0.4, 0.5) is 0 Å². The van der Waals surface area contributed by atoms with Gasteiger partial charge in [0, 0.05) is 22.1 Å². The van der Waals surface area contributed by atoms with E-state index in [-0.39, 0.29) is 5.41 Å². The van der Waals surface area contributed by atoms with E-state index in [4.69, 9.17) is 9.97 Å². The van der Waals surface area contributed by atoms with Crippen molar-refractivity contribution in [2.24, 2.45) is 0 Å². The zero-order valence-corrected chi connectivity index (χ0v) is 26.4. The van der Waals surface area contributed by atoms with Gasteiger partial charge in [0.15, 0.2) is 5.82 Å². The van der Waals surface area contributed by atoms with Crippen LogP contribution in [0.1, 0.15) is 25.0 Å². The third kappa shape index (κ3) is 4.40. The lowest BCUT2D eigenvalue weighted by Crippen LogP contribution is -2.14. The lowest BCUT2D eigenvalue weighted by atomic mass is 9.81. The van der Waals surface area contributed by atoms with E-state index in [0.29, 0.717) is 0 Å². The summed E-state index contributed by atoms with van der Waals surface area (Å²) in [6, 6.07) is 56.4. The summed E-state index contributed by atoms with van der Waals surface area (Å²) in [5, 5.41) is 4.90. The minimum absolute atomic E-state index is 0.0972. The molecule has 0 spiro atoms. The van der Waals surface area contributed by atoms with Crippen molar-refractivity contribution >= 4 is 21.5 Å². The first-order valence-corrected chi connectivity index (χ1v) is 16.3. The standard InChI is InChI=1S/C45H32N2/c1-45(2)39-23-13-22-36(43(39)38-26-31-18-9-10-19-32(31)27-40(38)45)35-24-25-37(34-21-12-11-20-33(34)35)44-46-41(29-14-5-3-6-15-29)28-42(47-44)30-16-7-4-8-17-30/h3-28H,1-2H3. The smallest absolute Gasteiger partial charge is 0.161 e. The van der Waals surface area contributed by atoms with Gasteiger partial charge in [0.1, 0.15) is 0 Å². The number of hydrogen-bond donors (Lipinski definition) is 0. The molecule has 1 aliphatic carbocycles. The molecule has 0 bridgehead atoms. The molecule has 9 rings (SSSR count). The van der Waals surface area contributed by atoms with E-state index in [0.717, 1.165) is 39.3 Å².